The number of hydrogen-bond acceptors (Lipinski definition) is 4. The molecule has 0 aromatic heterocycles. The standard InChI is InChI=1S/C16H22F2N2O3/c1-20(2)16(8-3-9-16)14(22)19-10-13(21)11-4-6-12(7-5-11)23-15(17)18/h4-7,13,15,21H,3,8-10H2,1-2H3,(H,19,22). The summed E-state index contributed by atoms with van der Waals surface area (Å²) in [7, 11) is 3.74. The van der Waals surface area contributed by atoms with E-state index in [9.17, 15) is 18.7 Å². The van der Waals surface area contributed by atoms with Crippen LogP contribution < -0.4 is 10.1 Å². The molecule has 1 saturated carbocycles. The summed E-state index contributed by atoms with van der Waals surface area (Å²) >= 11 is 0. The lowest BCUT2D eigenvalue weighted by Crippen LogP contribution is -2.60. The zero-order valence-corrected chi connectivity index (χ0v) is 13.3. The molecule has 1 aliphatic rings. The van der Waals surface area contributed by atoms with Crippen molar-refractivity contribution in [2.75, 3.05) is 20.6 Å². The molecule has 1 aromatic rings. The Labute approximate surface area is 134 Å². The molecule has 1 aliphatic carbocycles. The summed E-state index contributed by atoms with van der Waals surface area (Å²) in [5.74, 6) is -0.0635. The third-order valence-electron chi connectivity index (χ3n) is 4.41. The number of halogens is 2. The summed E-state index contributed by atoms with van der Waals surface area (Å²) in [6.45, 7) is -2.81. The van der Waals surface area contributed by atoms with Crippen LogP contribution in [0.25, 0.3) is 0 Å². The summed E-state index contributed by atoms with van der Waals surface area (Å²) < 4.78 is 28.4. The third kappa shape index (κ3) is 3.97. The molecule has 0 aliphatic heterocycles. The highest BCUT2D eigenvalue weighted by Crippen LogP contribution is 2.36. The molecule has 1 atom stereocenters. The zero-order valence-electron chi connectivity index (χ0n) is 13.3. The third-order valence-corrected chi connectivity index (χ3v) is 4.41. The number of alkyl halides is 2. The fraction of sp³-hybridized carbons (Fsp3) is 0.562. The van der Waals surface area contributed by atoms with Crippen molar-refractivity contribution >= 4 is 5.91 Å². The second-order valence-corrected chi connectivity index (χ2v) is 5.95. The van der Waals surface area contributed by atoms with E-state index in [1.807, 2.05) is 19.0 Å². The first-order valence-corrected chi connectivity index (χ1v) is 7.54. The lowest BCUT2D eigenvalue weighted by molar-refractivity contribution is -0.137. The highest BCUT2D eigenvalue weighted by atomic mass is 19.3. The van der Waals surface area contributed by atoms with Gasteiger partial charge in [0.05, 0.1) is 11.6 Å². The molecule has 0 radical (unpaired) electrons. The van der Waals surface area contributed by atoms with Crippen LogP contribution in [0, 0.1) is 0 Å². The van der Waals surface area contributed by atoms with Gasteiger partial charge in [-0.2, -0.15) is 8.78 Å². The monoisotopic (exact) mass is 328 g/mol. The second kappa shape index (κ2) is 7.23. The SMILES string of the molecule is CN(C)C1(C(=O)NCC(O)c2ccc(OC(F)F)cc2)CCC1. The largest absolute Gasteiger partial charge is 0.435 e. The van der Waals surface area contributed by atoms with Crippen LogP contribution in [-0.4, -0.2) is 48.7 Å². The van der Waals surface area contributed by atoms with Crippen molar-refractivity contribution in [2.24, 2.45) is 0 Å². The van der Waals surface area contributed by atoms with E-state index in [2.05, 4.69) is 10.1 Å². The Morgan fingerprint density at radius 1 is 1.35 bits per heavy atom. The maximum atomic E-state index is 12.3. The molecule has 1 fully saturated rings. The predicted molar refractivity (Wildman–Crippen MR) is 81.3 cm³/mol. The molecule has 128 valence electrons. The van der Waals surface area contributed by atoms with Crippen LogP contribution in [0.15, 0.2) is 24.3 Å². The molecule has 2 rings (SSSR count). The molecule has 2 N–H and O–H groups in total. The number of hydrogen-bond donors (Lipinski definition) is 2. The molecule has 0 saturated heterocycles. The first kappa shape index (κ1) is 17.6. The summed E-state index contributed by atoms with van der Waals surface area (Å²) in [6.07, 6.45) is 1.72. The minimum atomic E-state index is -2.88. The van der Waals surface area contributed by atoms with Crippen LogP contribution >= 0.6 is 0 Å². The van der Waals surface area contributed by atoms with Gasteiger partial charge in [-0.25, -0.2) is 0 Å². The van der Waals surface area contributed by atoms with Crippen LogP contribution in [-0.2, 0) is 4.79 Å². The number of aliphatic hydroxyl groups is 1. The maximum Gasteiger partial charge on any atom is 0.387 e. The van der Waals surface area contributed by atoms with E-state index >= 15 is 0 Å². The number of ether oxygens (including phenoxy) is 1. The number of rotatable bonds is 7. The molecule has 23 heavy (non-hydrogen) atoms. The second-order valence-electron chi connectivity index (χ2n) is 5.95. The molecular weight excluding hydrogens is 306 g/mol. The number of nitrogens with zero attached hydrogens (tertiary/aromatic N) is 1. The maximum absolute atomic E-state index is 12.3. The highest BCUT2D eigenvalue weighted by molar-refractivity contribution is 5.87. The molecule has 5 nitrogen and oxygen atoms in total. The number of amides is 1. The number of aliphatic hydroxyl groups excluding tert-OH is 1. The topological polar surface area (TPSA) is 61.8 Å². The van der Waals surface area contributed by atoms with Gasteiger partial charge in [-0.05, 0) is 51.1 Å². The van der Waals surface area contributed by atoms with Crippen LogP contribution in [0.2, 0.25) is 0 Å². The number of benzene rings is 1. The van der Waals surface area contributed by atoms with Gasteiger partial charge in [0.2, 0.25) is 5.91 Å². The first-order chi connectivity index (χ1) is 10.8. The zero-order chi connectivity index (χ0) is 17.0. The first-order valence-electron chi connectivity index (χ1n) is 7.54. The van der Waals surface area contributed by atoms with Crippen LogP contribution in [0.1, 0.15) is 30.9 Å². The minimum Gasteiger partial charge on any atom is -0.435 e. The number of likely N-dealkylation sites (N-methyl/N-ethyl adjacent to an activating group) is 1. The van der Waals surface area contributed by atoms with Crippen molar-refractivity contribution in [1.82, 2.24) is 10.2 Å². The van der Waals surface area contributed by atoms with Crippen molar-refractivity contribution in [2.45, 2.75) is 37.5 Å². The van der Waals surface area contributed by atoms with E-state index in [1.165, 1.54) is 24.3 Å². The summed E-state index contributed by atoms with van der Waals surface area (Å²) in [5.41, 5.74) is 0.0498. The van der Waals surface area contributed by atoms with Gasteiger partial charge in [-0.1, -0.05) is 12.1 Å². The van der Waals surface area contributed by atoms with Gasteiger partial charge in [0.1, 0.15) is 5.75 Å². The Bertz CT molecular complexity index is 531. The van der Waals surface area contributed by atoms with E-state index in [1.54, 1.807) is 0 Å². The number of carbonyl (C=O) groups is 1. The minimum absolute atomic E-state index is 0.0287. The summed E-state index contributed by atoms with van der Waals surface area (Å²) in [4.78, 5) is 14.2. The number of carbonyl (C=O) groups excluding carboxylic acids is 1. The molecule has 0 spiro atoms. The normalized spacial score (nSPS) is 17.7. The average Bonchev–Trinajstić information content (AvgIpc) is 2.43. The van der Waals surface area contributed by atoms with Gasteiger partial charge in [-0.15, -0.1) is 0 Å². The van der Waals surface area contributed by atoms with Gasteiger partial charge in [0.25, 0.3) is 0 Å². The Hall–Kier alpha value is -1.73. The van der Waals surface area contributed by atoms with Gasteiger partial charge in [-0.3, -0.25) is 9.69 Å². The predicted octanol–water partition coefficient (Wildman–Crippen LogP) is 1.92. The molecule has 1 unspecified atom stereocenters. The Morgan fingerprint density at radius 2 is 1.96 bits per heavy atom. The lowest BCUT2D eigenvalue weighted by Gasteiger charge is -2.45. The smallest absolute Gasteiger partial charge is 0.387 e. The van der Waals surface area contributed by atoms with Crippen LogP contribution in [0.5, 0.6) is 5.75 Å². The molecule has 7 heteroatoms. The molecule has 0 bridgehead atoms. The van der Waals surface area contributed by atoms with E-state index in [0.29, 0.717) is 5.56 Å². The quantitative estimate of drug-likeness (QED) is 0.803. The Morgan fingerprint density at radius 3 is 2.39 bits per heavy atom. The van der Waals surface area contributed by atoms with E-state index in [4.69, 9.17) is 0 Å². The average molecular weight is 328 g/mol. The fourth-order valence-electron chi connectivity index (χ4n) is 2.73. The highest BCUT2D eigenvalue weighted by Gasteiger charge is 2.45. The van der Waals surface area contributed by atoms with Crippen molar-refractivity contribution in [3.8, 4) is 5.75 Å². The van der Waals surface area contributed by atoms with Crippen LogP contribution in [0.3, 0.4) is 0 Å². The molecule has 1 aromatic carbocycles. The van der Waals surface area contributed by atoms with Crippen molar-refractivity contribution in [3.05, 3.63) is 29.8 Å². The van der Waals surface area contributed by atoms with Gasteiger partial charge in [0, 0.05) is 6.54 Å². The van der Waals surface area contributed by atoms with Crippen LogP contribution in [0.4, 0.5) is 8.78 Å². The fourth-order valence-corrected chi connectivity index (χ4v) is 2.73. The van der Waals surface area contributed by atoms with E-state index in [-0.39, 0.29) is 18.2 Å². The Balaban J connectivity index is 1.89. The molecule has 1 amide bonds. The van der Waals surface area contributed by atoms with Crippen molar-refractivity contribution in [1.29, 1.82) is 0 Å². The van der Waals surface area contributed by atoms with Gasteiger partial charge < -0.3 is 15.2 Å². The molecular formula is C16H22F2N2O3. The van der Waals surface area contributed by atoms with Crippen molar-refractivity contribution < 1.29 is 23.4 Å². The van der Waals surface area contributed by atoms with Gasteiger partial charge in [0.15, 0.2) is 0 Å². The van der Waals surface area contributed by atoms with Gasteiger partial charge >= 0.3 is 6.61 Å². The lowest BCUT2D eigenvalue weighted by atomic mass is 9.75. The van der Waals surface area contributed by atoms with E-state index < -0.39 is 18.3 Å². The van der Waals surface area contributed by atoms with E-state index in [0.717, 1.165) is 19.3 Å². The molecule has 0 heterocycles. The summed E-state index contributed by atoms with van der Waals surface area (Å²) in [6, 6.07) is 5.72. The summed E-state index contributed by atoms with van der Waals surface area (Å²) in [5, 5.41) is 12.9. The van der Waals surface area contributed by atoms with Crippen molar-refractivity contribution in [3.63, 3.8) is 0 Å². The Kier molecular flexibility index (Phi) is 5.54. The number of nitrogens with one attached hydrogen (secondary N) is 1.